The minimum Gasteiger partial charge on any atom is -0.618 e. The second kappa shape index (κ2) is 5.97. The van der Waals surface area contributed by atoms with Gasteiger partial charge in [0, 0.05) is 24.6 Å². The van der Waals surface area contributed by atoms with Crippen molar-refractivity contribution in [1.82, 2.24) is 0 Å². The molecule has 102 valence electrons. The highest BCUT2D eigenvalue weighted by Crippen LogP contribution is 2.14. The monoisotopic (exact) mass is 273 g/mol. The molecule has 0 radical (unpaired) electrons. The second-order valence-corrected chi connectivity index (χ2v) is 4.09. The highest BCUT2D eigenvalue weighted by Gasteiger charge is 2.03. The fourth-order valence-corrected chi connectivity index (χ4v) is 1.59. The molecule has 0 spiro atoms. The summed E-state index contributed by atoms with van der Waals surface area (Å²) in [6.07, 6.45) is 1.35. The summed E-state index contributed by atoms with van der Waals surface area (Å²) < 4.78 is 18.3. The number of carbonyl (C=O) groups is 1. The number of hydrogen-bond acceptors (Lipinski definition) is 3. The average Bonchev–Trinajstić information content (AvgIpc) is 2.41. The lowest BCUT2D eigenvalue weighted by Gasteiger charge is -2.03. The highest BCUT2D eigenvalue weighted by atomic mass is 19.1. The Kier molecular flexibility index (Phi) is 4.10. The van der Waals surface area contributed by atoms with E-state index in [9.17, 15) is 14.4 Å². The Hall–Kier alpha value is -2.69. The van der Waals surface area contributed by atoms with Gasteiger partial charge in [-0.25, -0.2) is 4.39 Å². The molecule has 0 N–H and O–H groups in total. The zero-order valence-electron chi connectivity index (χ0n) is 10.7. The van der Waals surface area contributed by atoms with E-state index in [1.807, 2.05) is 0 Å². The molecular weight excluding hydrogens is 261 g/mol. The molecule has 0 heterocycles. The van der Waals surface area contributed by atoms with Crippen LogP contribution in [0.1, 0.15) is 12.5 Å². The van der Waals surface area contributed by atoms with Crippen LogP contribution in [0.2, 0.25) is 0 Å². The Morgan fingerprint density at radius 2 is 1.75 bits per heavy atom. The maximum absolute atomic E-state index is 12.8. The Labute approximate surface area is 115 Å². The van der Waals surface area contributed by atoms with Crippen LogP contribution in [0.25, 0.3) is 0 Å². The number of carbonyl (C=O) groups excluding carboxylic acids is 1. The van der Waals surface area contributed by atoms with E-state index in [-0.39, 0.29) is 0 Å². The fraction of sp³-hybridized carbons (Fsp3) is 0.0667. The number of benzene rings is 2. The molecule has 2 aromatic rings. The first-order valence-electron chi connectivity index (χ1n) is 5.90. The lowest BCUT2D eigenvalue weighted by Crippen LogP contribution is -2.02. The third-order valence-electron chi connectivity index (χ3n) is 2.49. The van der Waals surface area contributed by atoms with Crippen molar-refractivity contribution in [2.45, 2.75) is 6.92 Å². The number of hydrogen-bond donors (Lipinski definition) is 0. The fourth-order valence-electron chi connectivity index (χ4n) is 1.59. The number of esters is 1. The topological polar surface area (TPSA) is 52.4 Å². The van der Waals surface area contributed by atoms with Crippen LogP contribution in [0.3, 0.4) is 0 Å². The van der Waals surface area contributed by atoms with Crippen LogP contribution in [0.4, 0.5) is 10.1 Å². The molecule has 0 saturated heterocycles. The van der Waals surface area contributed by atoms with Gasteiger partial charge in [0.15, 0.2) is 6.21 Å². The summed E-state index contributed by atoms with van der Waals surface area (Å²) in [5.41, 5.74) is 0.968. The van der Waals surface area contributed by atoms with Gasteiger partial charge in [-0.15, -0.1) is 0 Å². The molecule has 0 unspecified atom stereocenters. The zero-order chi connectivity index (χ0) is 14.5. The summed E-state index contributed by atoms with van der Waals surface area (Å²) in [5, 5.41) is 11.8. The van der Waals surface area contributed by atoms with E-state index in [2.05, 4.69) is 0 Å². The molecular formula is C15H12FNO3. The van der Waals surface area contributed by atoms with Crippen LogP contribution in [-0.4, -0.2) is 16.9 Å². The smallest absolute Gasteiger partial charge is 0.308 e. The van der Waals surface area contributed by atoms with Gasteiger partial charge >= 0.3 is 5.97 Å². The van der Waals surface area contributed by atoms with Crippen molar-refractivity contribution in [1.29, 1.82) is 0 Å². The van der Waals surface area contributed by atoms with Crippen LogP contribution in [0.5, 0.6) is 5.75 Å². The summed E-state index contributed by atoms with van der Waals surface area (Å²) in [6, 6.07) is 11.7. The summed E-state index contributed by atoms with van der Waals surface area (Å²) in [7, 11) is 0. The van der Waals surface area contributed by atoms with E-state index in [0.717, 1.165) is 0 Å². The Bertz CT molecular complexity index is 633. The van der Waals surface area contributed by atoms with E-state index >= 15 is 0 Å². The molecule has 20 heavy (non-hydrogen) atoms. The molecule has 0 aromatic heterocycles. The van der Waals surface area contributed by atoms with Gasteiger partial charge in [-0.2, -0.15) is 4.74 Å². The number of halogens is 1. The van der Waals surface area contributed by atoms with E-state index in [4.69, 9.17) is 4.74 Å². The van der Waals surface area contributed by atoms with Crippen molar-refractivity contribution in [3.8, 4) is 5.75 Å². The lowest BCUT2D eigenvalue weighted by atomic mass is 10.2. The number of ether oxygens (including phenoxy) is 1. The van der Waals surface area contributed by atoms with Crippen molar-refractivity contribution in [3.63, 3.8) is 0 Å². The number of nitrogens with zero attached hydrogens (tertiary/aromatic N) is 1. The van der Waals surface area contributed by atoms with E-state index in [1.54, 1.807) is 24.3 Å². The van der Waals surface area contributed by atoms with Gasteiger partial charge in [0.05, 0.1) is 0 Å². The maximum Gasteiger partial charge on any atom is 0.308 e. The van der Waals surface area contributed by atoms with Crippen LogP contribution in [0.15, 0.2) is 48.5 Å². The first-order valence-corrected chi connectivity index (χ1v) is 5.90. The molecule has 0 fully saturated rings. The molecule has 0 bridgehead atoms. The van der Waals surface area contributed by atoms with Gasteiger partial charge in [-0.3, -0.25) is 4.79 Å². The quantitative estimate of drug-likeness (QED) is 0.216. The largest absolute Gasteiger partial charge is 0.618 e. The molecule has 0 aliphatic carbocycles. The molecule has 0 amide bonds. The van der Waals surface area contributed by atoms with Crippen molar-refractivity contribution in [2.24, 2.45) is 0 Å². The average molecular weight is 273 g/mol. The van der Waals surface area contributed by atoms with Crippen molar-refractivity contribution < 1.29 is 18.7 Å². The molecule has 2 aromatic carbocycles. The molecule has 2 rings (SSSR count). The SMILES string of the molecule is CC(=O)Oc1ccc(/C=[N+](/[O-])c2ccc(F)cc2)cc1. The standard InChI is InChI=1S/C15H12FNO3/c1-11(18)20-15-8-2-12(3-9-15)10-17(19)14-6-4-13(16)5-7-14/h2-10H,1H3/b17-10+. The van der Waals surface area contributed by atoms with Crippen molar-refractivity contribution in [3.05, 3.63) is 65.1 Å². The zero-order valence-corrected chi connectivity index (χ0v) is 10.7. The maximum atomic E-state index is 12.8. The van der Waals surface area contributed by atoms with Gasteiger partial charge in [0.2, 0.25) is 5.69 Å². The minimum atomic E-state index is -0.404. The third kappa shape index (κ3) is 3.65. The van der Waals surface area contributed by atoms with Gasteiger partial charge in [0.25, 0.3) is 0 Å². The predicted octanol–water partition coefficient (Wildman–Crippen LogP) is 3.01. The predicted molar refractivity (Wildman–Crippen MR) is 72.6 cm³/mol. The first-order chi connectivity index (χ1) is 9.54. The van der Waals surface area contributed by atoms with Gasteiger partial charge < -0.3 is 9.94 Å². The van der Waals surface area contributed by atoms with Gasteiger partial charge in [-0.05, 0) is 36.4 Å². The Balaban J connectivity index is 2.17. The Morgan fingerprint density at radius 3 is 2.30 bits per heavy atom. The summed E-state index contributed by atoms with van der Waals surface area (Å²) in [5.74, 6) is -0.389. The van der Waals surface area contributed by atoms with Crippen LogP contribution < -0.4 is 4.74 Å². The molecule has 0 saturated carbocycles. The Morgan fingerprint density at radius 1 is 1.15 bits per heavy atom. The molecule has 0 aliphatic heterocycles. The minimum absolute atomic E-state index is 0.329. The van der Waals surface area contributed by atoms with Crippen molar-refractivity contribution in [2.75, 3.05) is 0 Å². The third-order valence-corrected chi connectivity index (χ3v) is 2.49. The highest BCUT2D eigenvalue weighted by molar-refractivity contribution is 5.77. The summed E-state index contributed by atoms with van der Waals surface area (Å²) in [6.45, 7) is 1.31. The van der Waals surface area contributed by atoms with E-state index in [0.29, 0.717) is 21.7 Å². The number of rotatable bonds is 3. The molecule has 5 heteroatoms. The van der Waals surface area contributed by atoms with Crippen LogP contribution >= 0.6 is 0 Å². The first kappa shape index (κ1) is 13.7. The van der Waals surface area contributed by atoms with E-state index < -0.39 is 11.8 Å². The molecule has 4 nitrogen and oxygen atoms in total. The molecule has 0 atom stereocenters. The molecule has 0 aliphatic rings. The van der Waals surface area contributed by atoms with Crippen LogP contribution in [-0.2, 0) is 4.79 Å². The van der Waals surface area contributed by atoms with Gasteiger partial charge in [-0.1, -0.05) is 0 Å². The summed E-state index contributed by atoms with van der Waals surface area (Å²) in [4.78, 5) is 10.8. The lowest BCUT2D eigenvalue weighted by molar-refractivity contribution is -0.354. The summed E-state index contributed by atoms with van der Waals surface area (Å²) >= 11 is 0. The normalized spacial score (nSPS) is 11.2. The van der Waals surface area contributed by atoms with Crippen molar-refractivity contribution >= 4 is 17.9 Å². The second-order valence-electron chi connectivity index (χ2n) is 4.09. The van der Waals surface area contributed by atoms with E-state index in [1.165, 1.54) is 37.4 Å². The van der Waals surface area contributed by atoms with Crippen LogP contribution in [0, 0.1) is 11.0 Å². The van der Waals surface area contributed by atoms with Gasteiger partial charge in [0.1, 0.15) is 11.6 Å².